The van der Waals surface area contributed by atoms with E-state index in [0.29, 0.717) is 0 Å². The quantitative estimate of drug-likeness (QED) is 0.771. The van der Waals surface area contributed by atoms with Gasteiger partial charge in [0.25, 0.3) is 0 Å². The zero-order valence-corrected chi connectivity index (χ0v) is 10.8. The van der Waals surface area contributed by atoms with Gasteiger partial charge in [0.2, 0.25) is 5.91 Å². The fourth-order valence-corrected chi connectivity index (χ4v) is 1.94. The molecule has 94 valence electrons. The van der Waals surface area contributed by atoms with Crippen molar-refractivity contribution in [2.75, 3.05) is 13.2 Å². The molecule has 0 aliphatic carbocycles. The molecule has 0 aromatic heterocycles. The van der Waals surface area contributed by atoms with Crippen molar-refractivity contribution in [3.63, 3.8) is 0 Å². The minimum absolute atomic E-state index is 0.0781. The summed E-state index contributed by atoms with van der Waals surface area (Å²) in [6.45, 7) is 8.84. The van der Waals surface area contributed by atoms with Gasteiger partial charge in [-0.25, -0.2) is 0 Å². The Hall–Kier alpha value is -0.610. The number of nitrogens with two attached hydrogens (primary N) is 1. The van der Waals surface area contributed by atoms with E-state index < -0.39 is 0 Å². The highest BCUT2D eigenvalue weighted by atomic mass is 16.5. The lowest BCUT2D eigenvalue weighted by Gasteiger charge is -2.36. The summed E-state index contributed by atoms with van der Waals surface area (Å²) in [6, 6.07) is 0.474. The first kappa shape index (κ1) is 13.5. The molecule has 0 saturated carbocycles. The van der Waals surface area contributed by atoms with Crippen LogP contribution in [0.15, 0.2) is 0 Å². The minimum Gasteiger partial charge on any atom is -0.366 e. The number of nitrogens with zero attached hydrogens (tertiary/aromatic N) is 1. The maximum absolute atomic E-state index is 11.9. The zero-order valence-electron chi connectivity index (χ0n) is 10.8. The molecule has 1 rings (SSSR count). The van der Waals surface area contributed by atoms with Crippen LogP contribution in [0.5, 0.6) is 0 Å². The summed E-state index contributed by atoms with van der Waals surface area (Å²) in [7, 11) is 0. The molecular weight excluding hydrogens is 204 g/mol. The number of amides is 1. The lowest BCUT2D eigenvalue weighted by molar-refractivity contribution is -0.144. The molecule has 2 N–H and O–H groups in total. The molecule has 16 heavy (non-hydrogen) atoms. The van der Waals surface area contributed by atoms with Crippen molar-refractivity contribution in [1.82, 2.24) is 4.90 Å². The van der Waals surface area contributed by atoms with Crippen LogP contribution in [0.2, 0.25) is 0 Å². The summed E-state index contributed by atoms with van der Waals surface area (Å²) in [4.78, 5) is 13.8. The monoisotopic (exact) mass is 228 g/mol. The van der Waals surface area contributed by atoms with Gasteiger partial charge in [-0.3, -0.25) is 4.79 Å². The smallest absolute Gasteiger partial charge is 0.248 e. The van der Waals surface area contributed by atoms with E-state index in [1.54, 1.807) is 0 Å². The summed E-state index contributed by atoms with van der Waals surface area (Å²) in [5.41, 5.74) is 5.60. The molecule has 1 saturated heterocycles. The highest BCUT2D eigenvalue weighted by Gasteiger charge is 2.27. The number of ether oxygens (including phenoxy) is 1. The number of likely N-dealkylation sites (tertiary alicyclic amines) is 1. The Morgan fingerprint density at radius 1 is 1.50 bits per heavy atom. The van der Waals surface area contributed by atoms with Crippen molar-refractivity contribution >= 4 is 5.91 Å². The third kappa shape index (κ3) is 4.10. The lowest BCUT2D eigenvalue weighted by Crippen LogP contribution is -2.49. The molecule has 0 radical (unpaired) electrons. The van der Waals surface area contributed by atoms with Crippen LogP contribution in [0, 0.1) is 0 Å². The Bertz CT molecular complexity index is 248. The summed E-state index contributed by atoms with van der Waals surface area (Å²) in [6.07, 6.45) is 1.78. The van der Waals surface area contributed by atoms with E-state index in [9.17, 15) is 4.79 Å². The van der Waals surface area contributed by atoms with Gasteiger partial charge < -0.3 is 15.4 Å². The van der Waals surface area contributed by atoms with E-state index in [4.69, 9.17) is 10.5 Å². The molecule has 4 heteroatoms. The fourth-order valence-electron chi connectivity index (χ4n) is 1.94. The number of carbonyl (C=O) groups excluding carboxylic acids is 1. The Morgan fingerprint density at radius 2 is 2.12 bits per heavy atom. The SMILES string of the molecule is CC1CC(N)CCN1C(=O)COC(C)(C)C. The molecule has 0 bridgehead atoms. The fraction of sp³-hybridized carbons (Fsp3) is 0.917. The summed E-state index contributed by atoms with van der Waals surface area (Å²) in [5, 5.41) is 0. The second-order valence-electron chi connectivity index (χ2n) is 5.62. The normalized spacial score (nSPS) is 26.9. The molecule has 2 unspecified atom stereocenters. The Morgan fingerprint density at radius 3 is 2.62 bits per heavy atom. The van der Waals surface area contributed by atoms with Crippen LogP contribution < -0.4 is 5.73 Å². The molecule has 1 heterocycles. The molecule has 0 aromatic rings. The number of hydrogen-bond acceptors (Lipinski definition) is 3. The number of piperidine rings is 1. The van der Waals surface area contributed by atoms with Crippen LogP contribution in [-0.2, 0) is 9.53 Å². The van der Waals surface area contributed by atoms with Crippen LogP contribution in [0.3, 0.4) is 0 Å². The largest absolute Gasteiger partial charge is 0.366 e. The molecule has 1 amide bonds. The average molecular weight is 228 g/mol. The predicted octanol–water partition coefficient (Wildman–Crippen LogP) is 1.14. The van der Waals surface area contributed by atoms with Gasteiger partial charge in [0.1, 0.15) is 6.61 Å². The van der Waals surface area contributed by atoms with E-state index in [-0.39, 0.29) is 30.2 Å². The molecule has 2 atom stereocenters. The molecule has 1 aliphatic rings. The molecule has 0 spiro atoms. The first-order valence-corrected chi connectivity index (χ1v) is 5.98. The van der Waals surface area contributed by atoms with Gasteiger partial charge in [0.15, 0.2) is 0 Å². The zero-order chi connectivity index (χ0) is 12.3. The van der Waals surface area contributed by atoms with E-state index in [1.807, 2.05) is 32.6 Å². The van der Waals surface area contributed by atoms with Gasteiger partial charge >= 0.3 is 0 Å². The average Bonchev–Trinajstić information content (AvgIpc) is 2.13. The van der Waals surface area contributed by atoms with Crippen molar-refractivity contribution in [2.45, 2.75) is 58.2 Å². The van der Waals surface area contributed by atoms with E-state index in [2.05, 4.69) is 0 Å². The highest BCUT2D eigenvalue weighted by Crippen LogP contribution is 2.16. The van der Waals surface area contributed by atoms with Crippen LogP contribution in [0.1, 0.15) is 40.5 Å². The lowest BCUT2D eigenvalue weighted by atomic mass is 9.99. The Kier molecular flexibility index (Phi) is 4.33. The second kappa shape index (κ2) is 5.15. The third-order valence-electron chi connectivity index (χ3n) is 2.87. The van der Waals surface area contributed by atoms with Crippen molar-refractivity contribution in [2.24, 2.45) is 5.73 Å². The summed E-state index contributed by atoms with van der Waals surface area (Å²) in [5.74, 6) is 0.0781. The minimum atomic E-state index is -0.259. The molecular formula is C12H24N2O2. The van der Waals surface area contributed by atoms with E-state index >= 15 is 0 Å². The summed E-state index contributed by atoms with van der Waals surface area (Å²) >= 11 is 0. The Labute approximate surface area is 98.1 Å². The molecule has 4 nitrogen and oxygen atoms in total. The molecule has 1 fully saturated rings. The first-order valence-electron chi connectivity index (χ1n) is 5.98. The van der Waals surface area contributed by atoms with Gasteiger partial charge in [0, 0.05) is 18.6 Å². The van der Waals surface area contributed by atoms with Crippen molar-refractivity contribution < 1.29 is 9.53 Å². The molecule has 1 aliphatic heterocycles. The maximum Gasteiger partial charge on any atom is 0.248 e. The Balaban J connectivity index is 2.42. The van der Waals surface area contributed by atoms with Crippen molar-refractivity contribution in [3.8, 4) is 0 Å². The third-order valence-corrected chi connectivity index (χ3v) is 2.87. The highest BCUT2D eigenvalue weighted by molar-refractivity contribution is 5.77. The van der Waals surface area contributed by atoms with Crippen LogP contribution in [0.25, 0.3) is 0 Å². The van der Waals surface area contributed by atoms with E-state index in [1.165, 1.54) is 0 Å². The van der Waals surface area contributed by atoms with E-state index in [0.717, 1.165) is 19.4 Å². The predicted molar refractivity (Wildman–Crippen MR) is 64.1 cm³/mol. The molecule has 0 aromatic carbocycles. The van der Waals surface area contributed by atoms with Gasteiger partial charge in [0.05, 0.1) is 5.60 Å². The van der Waals surface area contributed by atoms with Crippen LogP contribution >= 0.6 is 0 Å². The van der Waals surface area contributed by atoms with Gasteiger partial charge in [-0.1, -0.05) is 0 Å². The first-order chi connectivity index (χ1) is 7.29. The van der Waals surface area contributed by atoms with Crippen LogP contribution in [-0.4, -0.2) is 41.6 Å². The van der Waals surface area contributed by atoms with Gasteiger partial charge in [-0.15, -0.1) is 0 Å². The maximum atomic E-state index is 11.9. The standard InChI is InChI=1S/C12H24N2O2/c1-9-7-10(13)5-6-14(9)11(15)8-16-12(2,3)4/h9-10H,5-8,13H2,1-4H3. The van der Waals surface area contributed by atoms with Crippen LogP contribution in [0.4, 0.5) is 0 Å². The number of rotatable bonds is 2. The number of carbonyl (C=O) groups is 1. The topological polar surface area (TPSA) is 55.6 Å². The van der Waals surface area contributed by atoms with Gasteiger partial charge in [-0.2, -0.15) is 0 Å². The number of hydrogen-bond donors (Lipinski definition) is 1. The summed E-state index contributed by atoms with van der Waals surface area (Å²) < 4.78 is 5.50. The van der Waals surface area contributed by atoms with Gasteiger partial charge in [-0.05, 0) is 40.5 Å². The van der Waals surface area contributed by atoms with Crippen molar-refractivity contribution in [1.29, 1.82) is 0 Å². The second-order valence-corrected chi connectivity index (χ2v) is 5.62. The van der Waals surface area contributed by atoms with Crippen molar-refractivity contribution in [3.05, 3.63) is 0 Å².